The quantitative estimate of drug-likeness (QED) is 0.552. The van der Waals surface area contributed by atoms with Crippen LogP contribution in [0.15, 0.2) is 46.7 Å². The first-order chi connectivity index (χ1) is 13.7. The molecule has 5 nitrogen and oxygen atoms in total. The summed E-state index contributed by atoms with van der Waals surface area (Å²) in [5.41, 5.74) is 1.16. The van der Waals surface area contributed by atoms with Gasteiger partial charge in [-0.25, -0.2) is 4.98 Å². The number of hydrogen-bond donors (Lipinski definition) is 0. The molecule has 0 aromatic carbocycles. The lowest BCUT2D eigenvalue weighted by atomic mass is 9.90. The molecule has 1 aliphatic carbocycles. The van der Waals surface area contributed by atoms with Crippen molar-refractivity contribution in [3.8, 4) is 0 Å². The topological polar surface area (TPSA) is 54.8 Å². The highest BCUT2D eigenvalue weighted by Gasteiger charge is 2.48. The van der Waals surface area contributed by atoms with Crippen molar-refractivity contribution >= 4 is 33.3 Å². The molecule has 4 rings (SSSR count). The average Bonchev–Trinajstić information content (AvgIpc) is 3.48. The maximum Gasteiger partial charge on any atom is 0.325 e. The Labute approximate surface area is 174 Å². The molecule has 0 N–H and O–H groups in total. The minimum Gasteiger partial charge on any atom is -0.367 e. The first-order valence-corrected chi connectivity index (χ1v) is 12.3. The number of nitrogens with zero attached hydrogens (tertiary/aromatic N) is 3. The van der Waals surface area contributed by atoms with Crippen molar-refractivity contribution in [1.29, 1.82) is 0 Å². The zero-order valence-electron chi connectivity index (χ0n) is 16.3. The van der Waals surface area contributed by atoms with Crippen molar-refractivity contribution in [2.75, 3.05) is 6.54 Å². The van der Waals surface area contributed by atoms with Crippen LogP contribution < -0.4 is 0 Å². The third-order valence-corrected chi connectivity index (χ3v) is 8.62. The van der Waals surface area contributed by atoms with E-state index in [1.807, 2.05) is 47.3 Å². The molecule has 1 aromatic heterocycles. The van der Waals surface area contributed by atoms with E-state index < -0.39 is 0 Å². The number of hydrogen-bond acceptors (Lipinski definition) is 7. The van der Waals surface area contributed by atoms with Crippen molar-refractivity contribution in [3.05, 3.63) is 36.7 Å². The van der Waals surface area contributed by atoms with E-state index in [0.717, 1.165) is 43.0 Å². The Morgan fingerprint density at radius 2 is 2.25 bits per heavy atom. The van der Waals surface area contributed by atoms with Crippen LogP contribution in [0, 0.1) is 5.92 Å². The van der Waals surface area contributed by atoms with Crippen molar-refractivity contribution < 1.29 is 9.63 Å². The predicted molar refractivity (Wildman–Crippen MR) is 115 cm³/mol. The highest BCUT2D eigenvalue weighted by Crippen LogP contribution is 2.56. The summed E-state index contributed by atoms with van der Waals surface area (Å²) in [6, 6.07) is 6.16. The molecule has 0 radical (unpaired) electrons. The largest absolute Gasteiger partial charge is 0.367 e. The van der Waals surface area contributed by atoms with Crippen LogP contribution in [-0.2, 0) is 9.63 Å². The van der Waals surface area contributed by atoms with Gasteiger partial charge in [-0.3, -0.25) is 9.79 Å². The number of aliphatic imine (C=N–C) groups is 1. The lowest BCUT2D eigenvalue weighted by Gasteiger charge is -2.35. The van der Waals surface area contributed by atoms with Crippen LogP contribution in [-0.4, -0.2) is 39.1 Å². The summed E-state index contributed by atoms with van der Waals surface area (Å²) in [7, 11) is 3.67. The first-order valence-electron chi connectivity index (χ1n) is 10.2. The molecule has 1 saturated carbocycles. The van der Waals surface area contributed by atoms with E-state index >= 15 is 0 Å². The summed E-state index contributed by atoms with van der Waals surface area (Å²) in [6.07, 6.45) is 12.9. The zero-order valence-corrected chi connectivity index (χ0v) is 17.9. The van der Waals surface area contributed by atoms with Crippen LogP contribution in [0.5, 0.6) is 0 Å². The second kappa shape index (κ2) is 9.01. The summed E-state index contributed by atoms with van der Waals surface area (Å²) in [5.74, 6) is 0.558. The fourth-order valence-electron chi connectivity index (χ4n) is 3.91. The highest BCUT2D eigenvalue weighted by molar-refractivity contribution is 8.77. The standard InChI is InChI=1S/C21H27N3O2S2/c1-2-6-20(25)26-24-14-5-7-18(24)17-15-21(11-13-22-17,16-9-10-16)28-27-19-8-3-4-12-23-19/h3-4,8,11-13,16,18H,2,5-7,9-10,14-15H2,1H3. The molecular formula is C21H27N3O2S2. The lowest BCUT2D eigenvalue weighted by molar-refractivity contribution is -0.189. The van der Waals surface area contributed by atoms with E-state index in [-0.39, 0.29) is 16.8 Å². The van der Waals surface area contributed by atoms with Crippen LogP contribution in [0.2, 0.25) is 0 Å². The zero-order chi connectivity index (χ0) is 19.4. The van der Waals surface area contributed by atoms with Crippen molar-refractivity contribution in [2.24, 2.45) is 10.9 Å². The van der Waals surface area contributed by atoms with Gasteiger partial charge in [0.1, 0.15) is 5.03 Å². The number of aromatic nitrogens is 1. The predicted octanol–water partition coefficient (Wildman–Crippen LogP) is 5.05. The van der Waals surface area contributed by atoms with Gasteiger partial charge in [0.2, 0.25) is 0 Å². The van der Waals surface area contributed by atoms with E-state index in [1.54, 1.807) is 10.8 Å². The molecule has 2 aliphatic heterocycles. The SMILES string of the molecule is CCCC(=O)ON1CCCC1C1=NC=CC(SSc2ccccn2)(C2CC2)C1. The summed E-state index contributed by atoms with van der Waals surface area (Å²) < 4.78 is 0.0565. The summed E-state index contributed by atoms with van der Waals surface area (Å²) in [4.78, 5) is 26.9. The van der Waals surface area contributed by atoms with Gasteiger partial charge in [-0.05, 0) is 67.0 Å². The Balaban J connectivity index is 1.45. The average molecular weight is 418 g/mol. The second-order valence-corrected chi connectivity index (χ2v) is 10.2. The Hall–Kier alpha value is -1.31. The van der Waals surface area contributed by atoms with Crippen LogP contribution in [0.4, 0.5) is 0 Å². The molecule has 1 saturated heterocycles. The summed E-state index contributed by atoms with van der Waals surface area (Å²) in [5, 5.41) is 2.92. The van der Waals surface area contributed by atoms with E-state index in [0.29, 0.717) is 12.3 Å². The maximum absolute atomic E-state index is 12.0. The molecule has 2 fully saturated rings. The van der Waals surface area contributed by atoms with Crippen LogP contribution >= 0.6 is 21.6 Å². The van der Waals surface area contributed by atoms with Crippen LogP contribution in [0.25, 0.3) is 0 Å². The molecule has 2 atom stereocenters. The summed E-state index contributed by atoms with van der Waals surface area (Å²) in [6.45, 7) is 2.80. The fraction of sp³-hybridized carbons (Fsp3) is 0.571. The van der Waals surface area contributed by atoms with E-state index in [4.69, 9.17) is 9.83 Å². The van der Waals surface area contributed by atoms with Gasteiger partial charge in [0.25, 0.3) is 0 Å². The Kier molecular flexibility index (Phi) is 6.43. The number of pyridine rings is 1. The summed E-state index contributed by atoms with van der Waals surface area (Å²) >= 11 is 0. The van der Waals surface area contributed by atoms with E-state index in [1.165, 1.54) is 12.8 Å². The van der Waals surface area contributed by atoms with Crippen molar-refractivity contribution in [1.82, 2.24) is 10.0 Å². The molecule has 28 heavy (non-hydrogen) atoms. The monoisotopic (exact) mass is 417 g/mol. The van der Waals surface area contributed by atoms with Crippen molar-refractivity contribution in [2.45, 2.75) is 67.7 Å². The third-order valence-electron chi connectivity index (χ3n) is 5.50. The molecule has 3 aliphatic rings. The second-order valence-electron chi connectivity index (χ2n) is 7.69. The number of rotatable bonds is 8. The molecule has 2 unspecified atom stereocenters. The van der Waals surface area contributed by atoms with Gasteiger partial charge >= 0.3 is 5.97 Å². The van der Waals surface area contributed by atoms with Gasteiger partial charge in [-0.2, -0.15) is 0 Å². The first kappa shape index (κ1) is 20.0. The van der Waals surface area contributed by atoms with Gasteiger partial charge in [-0.15, -0.1) is 5.06 Å². The van der Waals surface area contributed by atoms with E-state index in [9.17, 15) is 4.79 Å². The lowest BCUT2D eigenvalue weighted by Crippen LogP contribution is -2.42. The molecular weight excluding hydrogens is 390 g/mol. The number of carbonyl (C=O) groups excluding carboxylic acids is 1. The normalized spacial score (nSPS) is 27.6. The van der Waals surface area contributed by atoms with E-state index in [2.05, 4.69) is 17.1 Å². The van der Waals surface area contributed by atoms with Gasteiger partial charge in [-0.1, -0.05) is 23.8 Å². The van der Waals surface area contributed by atoms with Crippen LogP contribution in [0.1, 0.15) is 51.9 Å². The molecule has 150 valence electrons. The molecule has 0 spiro atoms. The fourth-order valence-corrected chi connectivity index (χ4v) is 6.85. The smallest absolute Gasteiger partial charge is 0.325 e. The van der Waals surface area contributed by atoms with Gasteiger partial charge < -0.3 is 4.84 Å². The van der Waals surface area contributed by atoms with Gasteiger partial charge in [0.05, 0.1) is 10.8 Å². The number of hydroxylamine groups is 2. The molecule has 1 aromatic rings. The highest BCUT2D eigenvalue weighted by atomic mass is 33.1. The van der Waals surface area contributed by atoms with Gasteiger partial charge in [0, 0.05) is 37.5 Å². The van der Waals surface area contributed by atoms with Crippen LogP contribution in [0.3, 0.4) is 0 Å². The minimum atomic E-state index is -0.130. The number of carbonyl (C=O) groups is 1. The van der Waals surface area contributed by atoms with Gasteiger partial charge in [0.15, 0.2) is 0 Å². The maximum atomic E-state index is 12.0. The molecule has 0 amide bonds. The molecule has 7 heteroatoms. The Morgan fingerprint density at radius 1 is 1.36 bits per heavy atom. The molecule has 3 heterocycles. The third kappa shape index (κ3) is 4.63. The molecule has 0 bridgehead atoms. The Bertz CT molecular complexity index is 751. The minimum absolute atomic E-state index is 0.0565. The van der Waals surface area contributed by atoms with Crippen molar-refractivity contribution in [3.63, 3.8) is 0 Å². The Morgan fingerprint density at radius 3 is 3.00 bits per heavy atom.